The lowest BCUT2D eigenvalue weighted by Crippen LogP contribution is -2.33. The molecule has 0 N–H and O–H groups in total. The standard InChI is InChI=1S/C61H40N4/c1-60(2)47-25-11-9-21-41(47)42-33-31-40(36-52(42)60)39-32-34-48-46(35-39)55-45(59-63-57(37-17-5-3-6-18-37)62-58(64-59)38-19-7-4-8-20-38)24-16-27-50(55)61(48)49-26-12-14-30-54(49)65-53-29-13-10-22-43(53)44-23-15-28-51(61)56(44)65/h3-36H,1-2H3. The van der Waals surface area contributed by atoms with E-state index in [2.05, 4.69) is 188 Å². The summed E-state index contributed by atoms with van der Waals surface area (Å²) >= 11 is 0. The van der Waals surface area contributed by atoms with Crippen molar-refractivity contribution in [3.8, 4) is 73.2 Å². The van der Waals surface area contributed by atoms with Crippen molar-refractivity contribution in [3.05, 3.63) is 240 Å². The number of hydrogen-bond acceptors (Lipinski definition) is 3. The molecule has 0 radical (unpaired) electrons. The summed E-state index contributed by atoms with van der Waals surface area (Å²) in [6, 6.07) is 75.4. The Morgan fingerprint density at radius 2 is 0.923 bits per heavy atom. The Labute approximate surface area is 377 Å². The third-order valence-electron chi connectivity index (χ3n) is 14.7. The lowest BCUT2D eigenvalue weighted by atomic mass is 9.65. The number of rotatable bonds is 4. The number of aromatic nitrogens is 4. The first-order chi connectivity index (χ1) is 32.0. The fraction of sp³-hybridized carbons (Fsp3) is 0.0656. The van der Waals surface area contributed by atoms with E-state index in [9.17, 15) is 0 Å². The molecule has 9 aromatic carbocycles. The highest BCUT2D eigenvalue weighted by atomic mass is 15.0. The third-order valence-corrected chi connectivity index (χ3v) is 14.7. The molecule has 0 amide bonds. The van der Waals surface area contributed by atoms with Gasteiger partial charge in [0.05, 0.1) is 22.1 Å². The van der Waals surface area contributed by atoms with E-state index >= 15 is 0 Å². The van der Waals surface area contributed by atoms with Crippen LogP contribution in [0.4, 0.5) is 0 Å². The largest absolute Gasteiger partial charge is 0.309 e. The molecule has 1 aliphatic heterocycles. The van der Waals surface area contributed by atoms with Gasteiger partial charge < -0.3 is 4.57 Å². The highest BCUT2D eigenvalue weighted by Gasteiger charge is 2.51. The van der Waals surface area contributed by atoms with Crippen LogP contribution in [-0.4, -0.2) is 19.5 Å². The van der Waals surface area contributed by atoms with Crippen molar-refractivity contribution in [1.82, 2.24) is 19.5 Å². The minimum atomic E-state index is -0.640. The van der Waals surface area contributed by atoms with Crippen LogP contribution in [0.1, 0.15) is 47.2 Å². The van der Waals surface area contributed by atoms with Gasteiger partial charge in [-0.2, -0.15) is 0 Å². The first-order valence-corrected chi connectivity index (χ1v) is 22.5. The summed E-state index contributed by atoms with van der Waals surface area (Å²) < 4.78 is 2.50. The Morgan fingerprint density at radius 1 is 0.354 bits per heavy atom. The molecule has 0 fully saturated rings. The van der Waals surface area contributed by atoms with E-state index in [1.165, 1.54) is 88.7 Å². The van der Waals surface area contributed by atoms with Gasteiger partial charge in [-0.25, -0.2) is 15.0 Å². The molecular weight excluding hydrogens is 789 g/mol. The molecule has 11 aromatic rings. The fourth-order valence-corrected chi connectivity index (χ4v) is 11.8. The molecule has 1 atom stereocenters. The summed E-state index contributed by atoms with van der Waals surface area (Å²) in [5, 5.41) is 2.52. The van der Waals surface area contributed by atoms with Gasteiger partial charge in [0.15, 0.2) is 17.5 Å². The first kappa shape index (κ1) is 36.3. The molecule has 0 bridgehead atoms. The van der Waals surface area contributed by atoms with E-state index in [4.69, 9.17) is 15.0 Å². The third kappa shape index (κ3) is 4.83. The summed E-state index contributed by atoms with van der Waals surface area (Å²) in [4.78, 5) is 15.8. The molecule has 1 spiro atoms. The molecule has 4 nitrogen and oxygen atoms in total. The molecule has 2 aromatic heterocycles. The van der Waals surface area contributed by atoms with Crippen molar-refractivity contribution in [2.45, 2.75) is 24.7 Å². The summed E-state index contributed by atoms with van der Waals surface area (Å²) in [6.07, 6.45) is 0. The highest BCUT2D eigenvalue weighted by Crippen LogP contribution is 2.63. The van der Waals surface area contributed by atoms with E-state index in [-0.39, 0.29) is 5.41 Å². The number of fused-ring (bicyclic) bond motifs is 15. The van der Waals surface area contributed by atoms with Crippen molar-refractivity contribution >= 4 is 21.8 Å². The molecule has 65 heavy (non-hydrogen) atoms. The van der Waals surface area contributed by atoms with E-state index in [0.717, 1.165) is 22.3 Å². The Bertz CT molecular complexity index is 3750. The van der Waals surface area contributed by atoms with Gasteiger partial charge in [0.1, 0.15) is 0 Å². The summed E-state index contributed by atoms with van der Waals surface area (Å²) in [6.45, 7) is 4.72. The smallest absolute Gasteiger partial charge is 0.164 e. The summed E-state index contributed by atoms with van der Waals surface area (Å²) in [5.41, 5.74) is 20.9. The quantitative estimate of drug-likeness (QED) is 0.177. The average Bonchev–Trinajstić information content (AvgIpc) is 3.95. The van der Waals surface area contributed by atoms with Crippen molar-refractivity contribution in [2.75, 3.05) is 0 Å². The van der Waals surface area contributed by atoms with Gasteiger partial charge in [0.2, 0.25) is 0 Å². The predicted octanol–water partition coefficient (Wildman–Crippen LogP) is 14.6. The SMILES string of the molecule is CC1(C)c2ccccc2-c2ccc(-c3ccc4c(c3)-c3c(-c5nc(-c6ccccc6)nc(-c6ccccc6)n5)cccc3C43c4ccccc4-n4c5ccccc5c5cccc3c54)cc21. The van der Waals surface area contributed by atoms with Crippen molar-refractivity contribution in [1.29, 1.82) is 0 Å². The van der Waals surface area contributed by atoms with Crippen LogP contribution in [0.5, 0.6) is 0 Å². The van der Waals surface area contributed by atoms with Crippen molar-refractivity contribution in [2.24, 2.45) is 0 Å². The summed E-state index contributed by atoms with van der Waals surface area (Å²) in [5.74, 6) is 1.94. The van der Waals surface area contributed by atoms with Gasteiger partial charge in [-0.15, -0.1) is 0 Å². The Morgan fingerprint density at radius 3 is 1.72 bits per heavy atom. The zero-order chi connectivity index (χ0) is 43.0. The maximum atomic E-state index is 5.36. The van der Waals surface area contributed by atoms with Crippen molar-refractivity contribution < 1.29 is 0 Å². The topological polar surface area (TPSA) is 43.6 Å². The Kier molecular flexibility index (Phi) is 7.35. The minimum Gasteiger partial charge on any atom is -0.309 e. The number of benzene rings is 9. The van der Waals surface area contributed by atoms with Gasteiger partial charge in [-0.1, -0.05) is 196 Å². The van der Waals surface area contributed by atoms with Crippen LogP contribution in [0.2, 0.25) is 0 Å². The van der Waals surface area contributed by atoms with Gasteiger partial charge in [-0.3, -0.25) is 0 Å². The van der Waals surface area contributed by atoms with Crippen LogP contribution in [0.3, 0.4) is 0 Å². The zero-order valence-corrected chi connectivity index (χ0v) is 35.9. The molecule has 2 aliphatic carbocycles. The van der Waals surface area contributed by atoms with Crippen LogP contribution < -0.4 is 0 Å². The molecule has 14 rings (SSSR count). The second-order valence-electron chi connectivity index (χ2n) is 18.3. The average molecular weight is 829 g/mol. The maximum absolute atomic E-state index is 5.36. The van der Waals surface area contributed by atoms with Crippen LogP contribution in [0, 0.1) is 0 Å². The van der Waals surface area contributed by atoms with Crippen LogP contribution >= 0.6 is 0 Å². The molecule has 3 aliphatic rings. The van der Waals surface area contributed by atoms with Gasteiger partial charge in [-0.05, 0) is 91.0 Å². The Hall–Kier alpha value is -8.21. The van der Waals surface area contributed by atoms with E-state index in [0.29, 0.717) is 17.5 Å². The lowest BCUT2D eigenvalue weighted by Gasteiger charge is -2.39. The second kappa shape index (κ2) is 13.2. The van der Waals surface area contributed by atoms with E-state index < -0.39 is 5.41 Å². The zero-order valence-electron chi connectivity index (χ0n) is 35.9. The Balaban J connectivity index is 1.08. The molecule has 4 heteroatoms. The predicted molar refractivity (Wildman–Crippen MR) is 264 cm³/mol. The summed E-state index contributed by atoms with van der Waals surface area (Å²) in [7, 11) is 0. The second-order valence-corrected chi connectivity index (χ2v) is 18.3. The van der Waals surface area contributed by atoms with Crippen LogP contribution in [0.15, 0.2) is 206 Å². The minimum absolute atomic E-state index is 0.114. The molecule has 3 heterocycles. The normalized spacial score (nSPS) is 15.7. The van der Waals surface area contributed by atoms with E-state index in [1.54, 1.807) is 0 Å². The van der Waals surface area contributed by atoms with Gasteiger partial charge in [0.25, 0.3) is 0 Å². The van der Waals surface area contributed by atoms with Crippen LogP contribution in [-0.2, 0) is 10.8 Å². The molecule has 0 saturated heterocycles. The monoisotopic (exact) mass is 828 g/mol. The van der Waals surface area contributed by atoms with Crippen molar-refractivity contribution in [3.63, 3.8) is 0 Å². The van der Waals surface area contributed by atoms with E-state index in [1.807, 2.05) is 36.4 Å². The molecule has 0 saturated carbocycles. The fourth-order valence-electron chi connectivity index (χ4n) is 11.8. The van der Waals surface area contributed by atoms with Crippen LogP contribution in [0.25, 0.3) is 95.0 Å². The van der Waals surface area contributed by atoms with Gasteiger partial charge >= 0.3 is 0 Å². The molecular formula is C61H40N4. The first-order valence-electron chi connectivity index (χ1n) is 22.5. The number of nitrogens with zero attached hydrogens (tertiary/aromatic N) is 4. The highest BCUT2D eigenvalue weighted by molar-refractivity contribution is 6.13. The molecule has 1 unspecified atom stereocenters. The molecule has 304 valence electrons. The maximum Gasteiger partial charge on any atom is 0.164 e. The number of hydrogen-bond donors (Lipinski definition) is 0. The lowest BCUT2D eigenvalue weighted by molar-refractivity contribution is 0.660. The van der Waals surface area contributed by atoms with Gasteiger partial charge in [0, 0.05) is 32.9 Å². The number of para-hydroxylation sites is 3.